The summed E-state index contributed by atoms with van der Waals surface area (Å²) in [7, 11) is 0. The Morgan fingerprint density at radius 2 is 1.90 bits per heavy atom. The van der Waals surface area contributed by atoms with Crippen LogP contribution in [0.2, 0.25) is 5.02 Å². The third-order valence-electron chi connectivity index (χ3n) is 2.90. The summed E-state index contributed by atoms with van der Waals surface area (Å²) in [6.45, 7) is 6.02. The number of benzene rings is 1. The van der Waals surface area contributed by atoms with Gasteiger partial charge in [0.1, 0.15) is 11.9 Å². The molecule has 0 aliphatic heterocycles. The normalized spacial score (nSPS) is 13.9. The molecule has 0 fully saturated rings. The Labute approximate surface area is 125 Å². The molecule has 0 radical (unpaired) electrons. The van der Waals surface area contributed by atoms with E-state index in [1.807, 2.05) is 20.8 Å². The second kappa shape index (κ2) is 8.12. The fraction of sp³-hybridized carbons (Fsp3) is 0.533. The standard InChI is InChI=1S/C15H22ClNO3/c1-10(2)14(18)8-15(19)17-9-11(3)20-13-6-4-12(16)5-7-13/h4-7,10-11,14,18H,8-9H2,1-3H3,(H,17,19)/t11-,14-/m1/s1. The van der Waals surface area contributed by atoms with Crippen LogP contribution in [0.3, 0.4) is 0 Å². The zero-order valence-electron chi connectivity index (χ0n) is 12.1. The SMILES string of the molecule is CC(C)[C@H](O)CC(=O)NC[C@@H](C)Oc1ccc(Cl)cc1. The lowest BCUT2D eigenvalue weighted by molar-refractivity contribution is -0.123. The molecule has 0 saturated carbocycles. The largest absolute Gasteiger partial charge is 0.489 e. The van der Waals surface area contributed by atoms with Crippen molar-refractivity contribution in [3.63, 3.8) is 0 Å². The number of nitrogens with one attached hydrogen (secondary N) is 1. The highest BCUT2D eigenvalue weighted by molar-refractivity contribution is 6.30. The Morgan fingerprint density at radius 1 is 1.30 bits per heavy atom. The minimum absolute atomic E-state index is 0.0727. The maximum Gasteiger partial charge on any atom is 0.222 e. The summed E-state index contributed by atoms with van der Waals surface area (Å²) in [4.78, 5) is 11.6. The van der Waals surface area contributed by atoms with Crippen molar-refractivity contribution in [2.45, 2.75) is 39.4 Å². The van der Waals surface area contributed by atoms with Gasteiger partial charge in [0.15, 0.2) is 0 Å². The maximum absolute atomic E-state index is 11.6. The molecule has 2 N–H and O–H groups in total. The van der Waals surface area contributed by atoms with Gasteiger partial charge in [-0.1, -0.05) is 25.4 Å². The number of halogens is 1. The van der Waals surface area contributed by atoms with E-state index < -0.39 is 6.10 Å². The molecule has 1 amide bonds. The molecule has 0 aromatic heterocycles. The third kappa shape index (κ3) is 6.26. The smallest absolute Gasteiger partial charge is 0.222 e. The lowest BCUT2D eigenvalue weighted by Gasteiger charge is -2.17. The number of hydrogen-bond donors (Lipinski definition) is 2. The van der Waals surface area contributed by atoms with Crippen molar-refractivity contribution in [1.82, 2.24) is 5.32 Å². The number of ether oxygens (including phenoxy) is 1. The van der Waals surface area contributed by atoms with Gasteiger partial charge in [-0.3, -0.25) is 4.79 Å². The summed E-state index contributed by atoms with van der Waals surface area (Å²) in [6, 6.07) is 7.06. The average Bonchev–Trinajstić information content (AvgIpc) is 2.39. The molecule has 1 aromatic rings. The number of carbonyl (C=O) groups excluding carboxylic acids is 1. The molecule has 1 aromatic carbocycles. The summed E-state index contributed by atoms with van der Waals surface area (Å²) < 4.78 is 5.64. The average molecular weight is 300 g/mol. The summed E-state index contributed by atoms with van der Waals surface area (Å²) in [5.41, 5.74) is 0. The van der Waals surface area contributed by atoms with Crippen LogP contribution >= 0.6 is 11.6 Å². The van der Waals surface area contributed by atoms with Crippen molar-refractivity contribution >= 4 is 17.5 Å². The van der Waals surface area contributed by atoms with Gasteiger partial charge in [-0.2, -0.15) is 0 Å². The van der Waals surface area contributed by atoms with Crippen LogP contribution in [0.4, 0.5) is 0 Å². The summed E-state index contributed by atoms with van der Waals surface area (Å²) >= 11 is 5.79. The molecule has 112 valence electrons. The van der Waals surface area contributed by atoms with Crippen LogP contribution in [0.1, 0.15) is 27.2 Å². The molecule has 5 heteroatoms. The Morgan fingerprint density at radius 3 is 2.45 bits per heavy atom. The number of aliphatic hydroxyl groups is 1. The van der Waals surface area contributed by atoms with E-state index in [4.69, 9.17) is 16.3 Å². The van der Waals surface area contributed by atoms with Crippen LogP contribution < -0.4 is 10.1 Å². The second-order valence-electron chi connectivity index (χ2n) is 5.20. The third-order valence-corrected chi connectivity index (χ3v) is 3.15. The number of carbonyl (C=O) groups is 1. The molecule has 0 aliphatic rings. The van der Waals surface area contributed by atoms with E-state index in [1.54, 1.807) is 24.3 Å². The van der Waals surface area contributed by atoms with Gasteiger partial charge in [-0.15, -0.1) is 0 Å². The van der Waals surface area contributed by atoms with Gasteiger partial charge < -0.3 is 15.2 Å². The molecule has 20 heavy (non-hydrogen) atoms. The fourth-order valence-corrected chi connectivity index (χ4v) is 1.67. The zero-order valence-corrected chi connectivity index (χ0v) is 12.9. The van der Waals surface area contributed by atoms with Gasteiger partial charge in [0.25, 0.3) is 0 Å². The highest BCUT2D eigenvalue weighted by Gasteiger charge is 2.15. The lowest BCUT2D eigenvalue weighted by atomic mass is 10.0. The minimum Gasteiger partial charge on any atom is -0.489 e. The molecule has 0 bridgehead atoms. The van der Waals surface area contributed by atoms with Crippen LogP contribution in [0, 0.1) is 5.92 Å². The minimum atomic E-state index is -0.609. The van der Waals surface area contributed by atoms with Gasteiger partial charge in [0, 0.05) is 5.02 Å². The van der Waals surface area contributed by atoms with Crippen LogP contribution in [-0.2, 0) is 4.79 Å². The van der Waals surface area contributed by atoms with Crippen LogP contribution in [0.15, 0.2) is 24.3 Å². The Kier molecular flexibility index (Phi) is 6.82. The molecule has 0 unspecified atom stereocenters. The van der Waals surface area contributed by atoms with Crippen molar-refractivity contribution in [3.8, 4) is 5.75 Å². The molecule has 2 atom stereocenters. The first-order valence-corrected chi connectivity index (χ1v) is 7.13. The lowest BCUT2D eigenvalue weighted by Crippen LogP contribution is -2.36. The van der Waals surface area contributed by atoms with Crippen molar-refractivity contribution in [1.29, 1.82) is 0 Å². The summed E-state index contributed by atoms with van der Waals surface area (Å²) in [6.07, 6.45) is -0.649. The first-order valence-electron chi connectivity index (χ1n) is 6.75. The van der Waals surface area contributed by atoms with Crippen molar-refractivity contribution < 1.29 is 14.6 Å². The number of aliphatic hydroxyl groups excluding tert-OH is 1. The number of hydrogen-bond acceptors (Lipinski definition) is 3. The Balaban J connectivity index is 2.30. The van der Waals surface area contributed by atoms with Gasteiger partial charge >= 0.3 is 0 Å². The van der Waals surface area contributed by atoms with E-state index in [9.17, 15) is 9.90 Å². The van der Waals surface area contributed by atoms with E-state index in [0.717, 1.165) is 0 Å². The van der Waals surface area contributed by atoms with Crippen molar-refractivity contribution in [2.75, 3.05) is 6.54 Å². The predicted octanol–water partition coefficient (Wildman–Crippen LogP) is 2.63. The highest BCUT2D eigenvalue weighted by atomic mass is 35.5. The van der Waals surface area contributed by atoms with Gasteiger partial charge in [-0.05, 0) is 37.1 Å². The molecule has 4 nitrogen and oxygen atoms in total. The quantitative estimate of drug-likeness (QED) is 0.814. The van der Waals surface area contributed by atoms with E-state index in [2.05, 4.69) is 5.32 Å². The van der Waals surface area contributed by atoms with E-state index in [-0.39, 0.29) is 24.3 Å². The Hall–Kier alpha value is -1.26. The zero-order chi connectivity index (χ0) is 15.1. The van der Waals surface area contributed by atoms with Gasteiger partial charge in [-0.25, -0.2) is 0 Å². The van der Waals surface area contributed by atoms with Gasteiger partial charge in [0.05, 0.1) is 19.1 Å². The fourth-order valence-electron chi connectivity index (χ4n) is 1.54. The van der Waals surface area contributed by atoms with E-state index in [1.165, 1.54) is 0 Å². The monoisotopic (exact) mass is 299 g/mol. The van der Waals surface area contributed by atoms with Crippen LogP contribution in [0.25, 0.3) is 0 Å². The molecule has 0 spiro atoms. The highest BCUT2D eigenvalue weighted by Crippen LogP contribution is 2.16. The van der Waals surface area contributed by atoms with Crippen LogP contribution in [0.5, 0.6) is 5.75 Å². The van der Waals surface area contributed by atoms with Gasteiger partial charge in [0.2, 0.25) is 5.91 Å². The summed E-state index contributed by atoms with van der Waals surface area (Å²) in [5, 5.41) is 13.0. The molecule has 0 heterocycles. The predicted molar refractivity (Wildman–Crippen MR) is 80.0 cm³/mol. The first kappa shape index (κ1) is 16.8. The van der Waals surface area contributed by atoms with E-state index >= 15 is 0 Å². The second-order valence-corrected chi connectivity index (χ2v) is 5.64. The molecule has 1 rings (SSSR count). The van der Waals surface area contributed by atoms with Crippen molar-refractivity contribution in [2.24, 2.45) is 5.92 Å². The number of rotatable bonds is 7. The molecule has 0 saturated heterocycles. The Bertz CT molecular complexity index is 420. The molecular weight excluding hydrogens is 278 g/mol. The van der Waals surface area contributed by atoms with Crippen molar-refractivity contribution in [3.05, 3.63) is 29.3 Å². The molecular formula is C15H22ClNO3. The van der Waals surface area contributed by atoms with E-state index in [0.29, 0.717) is 17.3 Å². The number of amides is 1. The van der Waals surface area contributed by atoms with Crippen LogP contribution in [-0.4, -0.2) is 29.8 Å². The first-order chi connectivity index (χ1) is 9.38. The topological polar surface area (TPSA) is 58.6 Å². The summed E-state index contributed by atoms with van der Waals surface area (Å²) in [5.74, 6) is 0.611. The maximum atomic E-state index is 11.6. The molecule has 0 aliphatic carbocycles.